The lowest BCUT2D eigenvalue weighted by Crippen LogP contribution is -2.36. The number of morpholine rings is 1. The van der Waals surface area contributed by atoms with Gasteiger partial charge in [0.15, 0.2) is 0 Å². The molecule has 0 radical (unpaired) electrons. The van der Waals surface area contributed by atoms with Gasteiger partial charge >= 0.3 is 0 Å². The van der Waals surface area contributed by atoms with Crippen LogP contribution in [0.15, 0.2) is 54.7 Å². The summed E-state index contributed by atoms with van der Waals surface area (Å²) in [6.45, 7) is 6.53. The Morgan fingerprint density at radius 1 is 1.15 bits per heavy atom. The van der Waals surface area contributed by atoms with Crippen LogP contribution in [0.1, 0.15) is 30.0 Å². The molecule has 0 saturated carbocycles. The second-order valence-corrected chi connectivity index (χ2v) is 8.31. The van der Waals surface area contributed by atoms with Crippen molar-refractivity contribution in [3.8, 4) is 0 Å². The first-order valence-corrected chi connectivity index (χ1v) is 11.4. The Morgan fingerprint density at radius 2 is 1.94 bits per heavy atom. The first-order valence-electron chi connectivity index (χ1n) is 11.4. The second-order valence-electron chi connectivity index (χ2n) is 8.31. The van der Waals surface area contributed by atoms with Crippen LogP contribution in [0.4, 0.5) is 5.82 Å². The standard InChI is InChI=1S/C26H30N4O3/c1-20(31)28-26-24(19-29-13-15-33-16-14-29)17-21(18-27-26)7-8-25(32)30-11-9-23(10-12-30)22-5-3-2-4-6-22/h2-9,17-18H,10-16,19H2,1H3,(H,27,28,31). The third-order valence-corrected chi connectivity index (χ3v) is 5.86. The molecule has 172 valence electrons. The zero-order valence-electron chi connectivity index (χ0n) is 19.0. The van der Waals surface area contributed by atoms with Crippen molar-refractivity contribution in [2.75, 3.05) is 44.7 Å². The lowest BCUT2D eigenvalue weighted by Gasteiger charge is -2.27. The number of nitrogens with one attached hydrogen (secondary N) is 1. The molecule has 1 N–H and O–H groups in total. The van der Waals surface area contributed by atoms with Gasteiger partial charge in [-0.1, -0.05) is 36.4 Å². The summed E-state index contributed by atoms with van der Waals surface area (Å²) in [6, 6.07) is 12.3. The Morgan fingerprint density at radius 3 is 2.64 bits per heavy atom. The minimum Gasteiger partial charge on any atom is -0.379 e. The Balaban J connectivity index is 1.42. The second kappa shape index (κ2) is 11.0. The minimum absolute atomic E-state index is 0.0148. The largest absolute Gasteiger partial charge is 0.379 e. The topological polar surface area (TPSA) is 74.8 Å². The van der Waals surface area contributed by atoms with Gasteiger partial charge in [0.05, 0.1) is 13.2 Å². The van der Waals surface area contributed by atoms with Crippen LogP contribution >= 0.6 is 0 Å². The van der Waals surface area contributed by atoms with E-state index >= 15 is 0 Å². The molecule has 4 rings (SSSR count). The number of nitrogens with zero attached hydrogens (tertiary/aromatic N) is 3. The maximum atomic E-state index is 12.7. The summed E-state index contributed by atoms with van der Waals surface area (Å²) < 4.78 is 5.43. The van der Waals surface area contributed by atoms with Crippen LogP contribution in [0.2, 0.25) is 0 Å². The number of pyridine rings is 1. The highest BCUT2D eigenvalue weighted by Gasteiger charge is 2.17. The smallest absolute Gasteiger partial charge is 0.246 e. The van der Waals surface area contributed by atoms with E-state index in [1.165, 1.54) is 18.1 Å². The number of amides is 2. The minimum atomic E-state index is -0.155. The van der Waals surface area contributed by atoms with E-state index in [1.807, 2.05) is 29.2 Å². The molecule has 1 saturated heterocycles. The molecule has 0 atom stereocenters. The van der Waals surface area contributed by atoms with Crippen molar-refractivity contribution in [2.24, 2.45) is 0 Å². The first-order chi connectivity index (χ1) is 16.1. The van der Waals surface area contributed by atoms with Crippen molar-refractivity contribution in [3.05, 3.63) is 71.4 Å². The monoisotopic (exact) mass is 446 g/mol. The Bertz CT molecular complexity index is 1040. The lowest BCUT2D eigenvalue weighted by atomic mass is 9.99. The molecule has 0 unspecified atom stereocenters. The molecule has 0 spiro atoms. The SMILES string of the molecule is CC(=O)Nc1ncc(C=CC(=O)N2CC=C(c3ccccc3)CC2)cc1CN1CCOCC1. The van der Waals surface area contributed by atoms with E-state index in [0.717, 1.165) is 30.6 Å². The summed E-state index contributed by atoms with van der Waals surface area (Å²) >= 11 is 0. The molecule has 33 heavy (non-hydrogen) atoms. The number of carbonyl (C=O) groups is 2. The number of ether oxygens (including phenoxy) is 1. The van der Waals surface area contributed by atoms with Crippen LogP contribution < -0.4 is 5.32 Å². The molecule has 0 bridgehead atoms. The normalized spacial score (nSPS) is 17.1. The summed E-state index contributed by atoms with van der Waals surface area (Å²) in [4.78, 5) is 32.9. The number of anilines is 1. The van der Waals surface area contributed by atoms with Crippen molar-refractivity contribution in [1.29, 1.82) is 0 Å². The van der Waals surface area contributed by atoms with Crippen molar-refractivity contribution >= 4 is 29.3 Å². The molecule has 3 heterocycles. The number of hydrogen-bond donors (Lipinski definition) is 1. The molecule has 2 amide bonds. The van der Waals surface area contributed by atoms with Crippen LogP contribution in [0.3, 0.4) is 0 Å². The highest BCUT2D eigenvalue weighted by molar-refractivity contribution is 5.92. The van der Waals surface area contributed by atoms with Gasteiger partial charge in [-0.3, -0.25) is 14.5 Å². The van der Waals surface area contributed by atoms with Crippen molar-refractivity contribution < 1.29 is 14.3 Å². The van der Waals surface area contributed by atoms with Crippen LogP contribution in [0.5, 0.6) is 0 Å². The average Bonchev–Trinajstić information content (AvgIpc) is 2.85. The highest BCUT2D eigenvalue weighted by atomic mass is 16.5. The Labute approximate surface area is 194 Å². The van der Waals surface area contributed by atoms with Crippen LogP contribution in [-0.4, -0.2) is 66.0 Å². The van der Waals surface area contributed by atoms with Crippen LogP contribution in [0.25, 0.3) is 11.6 Å². The number of carbonyl (C=O) groups excluding carboxylic acids is 2. The number of aromatic nitrogens is 1. The van der Waals surface area contributed by atoms with E-state index in [9.17, 15) is 9.59 Å². The summed E-state index contributed by atoms with van der Waals surface area (Å²) in [5, 5.41) is 2.81. The molecule has 1 aromatic heterocycles. The van der Waals surface area contributed by atoms with Gasteiger partial charge in [0.2, 0.25) is 11.8 Å². The molecule has 7 heteroatoms. The number of benzene rings is 1. The van der Waals surface area contributed by atoms with Crippen LogP contribution in [-0.2, 0) is 20.9 Å². The highest BCUT2D eigenvalue weighted by Crippen LogP contribution is 2.22. The molecule has 2 aliphatic rings. The predicted octanol–water partition coefficient (Wildman–Crippen LogP) is 3.20. The van der Waals surface area contributed by atoms with Crippen LogP contribution in [0, 0.1) is 0 Å². The molecule has 1 fully saturated rings. The quantitative estimate of drug-likeness (QED) is 0.690. The summed E-state index contributed by atoms with van der Waals surface area (Å²) in [5.41, 5.74) is 4.26. The van der Waals surface area contributed by atoms with Gasteiger partial charge in [-0.05, 0) is 35.3 Å². The van der Waals surface area contributed by atoms with Gasteiger partial charge in [0.25, 0.3) is 0 Å². The molecule has 2 aliphatic heterocycles. The van der Waals surface area contributed by atoms with E-state index in [1.54, 1.807) is 18.3 Å². The maximum absolute atomic E-state index is 12.7. The van der Waals surface area contributed by atoms with Gasteiger partial charge in [-0.2, -0.15) is 0 Å². The first kappa shape index (κ1) is 22.9. The number of rotatable bonds is 6. The summed E-state index contributed by atoms with van der Waals surface area (Å²) in [5.74, 6) is 0.392. The average molecular weight is 447 g/mol. The lowest BCUT2D eigenvalue weighted by molar-refractivity contribution is -0.125. The third kappa shape index (κ3) is 6.37. The van der Waals surface area contributed by atoms with E-state index < -0.39 is 0 Å². The van der Waals surface area contributed by atoms with Crippen molar-refractivity contribution in [2.45, 2.75) is 19.9 Å². The predicted molar refractivity (Wildman–Crippen MR) is 129 cm³/mol. The fraction of sp³-hybridized carbons (Fsp3) is 0.346. The molecular formula is C26H30N4O3. The molecular weight excluding hydrogens is 416 g/mol. The van der Waals surface area contributed by atoms with E-state index in [2.05, 4.69) is 33.4 Å². The van der Waals surface area contributed by atoms with Crippen molar-refractivity contribution in [1.82, 2.24) is 14.8 Å². The summed E-state index contributed by atoms with van der Waals surface area (Å²) in [6.07, 6.45) is 8.07. The van der Waals surface area contributed by atoms with Gasteiger partial charge in [-0.15, -0.1) is 0 Å². The Kier molecular flexibility index (Phi) is 7.65. The van der Waals surface area contributed by atoms with Gasteiger partial charge in [-0.25, -0.2) is 4.98 Å². The maximum Gasteiger partial charge on any atom is 0.246 e. The van der Waals surface area contributed by atoms with E-state index in [4.69, 9.17) is 4.74 Å². The zero-order valence-corrected chi connectivity index (χ0v) is 19.0. The van der Waals surface area contributed by atoms with Gasteiger partial charge in [0.1, 0.15) is 5.82 Å². The molecule has 2 aromatic rings. The molecule has 7 nitrogen and oxygen atoms in total. The third-order valence-electron chi connectivity index (χ3n) is 5.86. The summed E-state index contributed by atoms with van der Waals surface area (Å²) in [7, 11) is 0. The van der Waals surface area contributed by atoms with Gasteiger partial charge < -0.3 is 15.0 Å². The zero-order chi connectivity index (χ0) is 23.0. The van der Waals surface area contributed by atoms with E-state index in [0.29, 0.717) is 38.7 Å². The Hall–Kier alpha value is -3.29. The fourth-order valence-corrected chi connectivity index (χ4v) is 4.08. The van der Waals surface area contributed by atoms with E-state index in [-0.39, 0.29) is 11.8 Å². The fourth-order valence-electron chi connectivity index (χ4n) is 4.08. The number of hydrogen-bond acceptors (Lipinski definition) is 5. The van der Waals surface area contributed by atoms with Crippen molar-refractivity contribution in [3.63, 3.8) is 0 Å². The van der Waals surface area contributed by atoms with Gasteiger partial charge in [0, 0.05) is 57.5 Å². The molecule has 1 aromatic carbocycles. The molecule has 0 aliphatic carbocycles.